The molecule has 2 heteroatoms. The van der Waals surface area contributed by atoms with Gasteiger partial charge < -0.3 is 0 Å². The van der Waals surface area contributed by atoms with Crippen LogP contribution >= 0.6 is 0 Å². The van der Waals surface area contributed by atoms with Gasteiger partial charge in [-0.3, -0.25) is 4.79 Å². The minimum absolute atomic E-state index is 0.357. The molecule has 0 fully saturated rings. The fourth-order valence-electron chi connectivity index (χ4n) is 1.59. The Morgan fingerprint density at radius 3 is 2.31 bits per heavy atom. The summed E-state index contributed by atoms with van der Waals surface area (Å²) < 4.78 is 13.2. The van der Waals surface area contributed by atoms with Gasteiger partial charge in [-0.15, -0.1) is 0 Å². The molecule has 0 aliphatic carbocycles. The molecule has 0 heterocycles. The topological polar surface area (TPSA) is 17.1 Å². The van der Waals surface area contributed by atoms with E-state index in [0.29, 0.717) is 11.8 Å². The second-order valence-corrected chi connectivity index (χ2v) is 3.76. The number of hydrogen-bond acceptors (Lipinski definition) is 1. The first-order valence-electron chi connectivity index (χ1n) is 5.02. The fourth-order valence-corrected chi connectivity index (χ4v) is 1.59. The van der Waals surface area contributed by atoms with Crippen LogP contribution in [0.25, 0.3) is 11.1 Å². The van der Waals surface area contributed by atoms with Gasteiger partial charge in [0.25, 0.3) is 0 Å². The van der Waals surface area contributed by atoms with Gasteiger partial charge in [0.2, 0.25) is 0 Å². The molecule has 0 atom stereocenters. The molecule has 0 radical (unpaired) electrons. The van der Waals surface area contributed by atoms with Crippen LogP contribution in [0.15, 0.2) is 42.5 Å². The van der Waals surface area contributed by atoms with E-state index in [9.17, 15) is 9.18 Å². The van der Waals surface area contributed by atoms with E-state index in [2.05, 4.69) is 0 Å². The third-order valence-corrected chi connectivity index (χ3v) is 2.44. The maximum atomic E-state index is 13.2. The summed E-state index contributed by atoms with van der Waals surface area (Å²) in [7, 11) is 0. The normalized spacial score (nSPS) is 10.1. The van der Waals surface area contributed by atoms with Crippen LogP contribution in [0, 0.1) is 12.7 Å². The summed E-state index contributed by atoms with van der Waals surface area (Å²) in [6.45, 7) is 1.99. The van der Waals surface area contributed by atoms with E-state index in [0.717, 1.165) is 16.7 Å². The zero-order valence-electron chi connectivity index (χ0n) is 8.91. The molecule has 0 unspecified atom stereocenters. The van der Waals surface area contributed by atoms with Gasteiger partial charge in [-0.05, 0) is 36.2 Å². The van der Waals surface area contributed by atoms with Crippen molar-refractivity contribution in [3.05, 3.63) is 59.4 Å². The second-order valence-electron chi connectivity index (χ2n) is 3.76. The van der Waals surface area contributed by atoms with Gasteiger partial charge in [-0.2, -0.15) is 0 Å². The first-order valence-corrected chi connectivity index (χ1v) is 5.02. The predicted octanol–water partition coefficient (Wildman–Crippen LogP) is 3.61. The van der Waals surface area contributed by atoms with Gasteiger partial charge >= 0.3 is 0 Å². The molecule has 0 saturated carbocycles. The summed E-state index contributed by atoms with van der Waals surface area (Å²) in [6.07, 6.45) is 0.654. The minimum atomic E-state index is -0.389. The summed E-state index contributed by atoms with van der Waals surface area (Å²) in [4.78, 5) is 10.6. The van der Waals surface area contributed by atoms with Gasteiger partial charge in [0.15, 0.2) is 0 Å². The Hall–Kier alpha value is -1.96. The van der Waals surface area contributed by atoms with Gasteiger partial charge in [-0.25, -0.2) is 4.39 Å². The SMILES string of the molecule is Cc1ccc(-c2cc(F)cc(C=O)c2)cc1. The molecule has 80 valence electrons. The van der Waals surface area contributed by atoms with Crippen LogP contribution in [-0.4, -0.2) is 6.29 Å². The zero-order chi connectivity index (χ0) is 11.5. The number of benzene rings is 2. The molecule has 16 heavy (non-hydrogen) atoms. The van der Waals surface area contributed by atoms with Crippen LogP contribution in [0.2, 0.25) is 0 Å². The third-order valence-electron chi connectivity index (χ3n) is 2.44. The quantitative estimate of drug-likeness (QED) is 0.698. The highest BCUT2D eigenvalue weighted by atomic mass is 19.1. The van der Waals surface area contributed by atoms with E-state index in [1.165, 1.54) is 12.1 Å². The van der Waals surface area contributed by atoms with Crippen molar-refractivity contribution in [3.63, 3.8) is 0 Å². The van der Waals surface area contributed by atoms with E-state index in [1.807, 2.05) is 31.2 Å². The van der Waals surface area contributed by atoms with Crippen molar-refractivity contribution in [2.45, 2.75) is 6.92 Å². The van der Waals surface area contributed by atoms with Crippen molar-refractivity contribution in [3.8, 4) is 11.1 Å². The average molecular weight is 214 g/mol. The second kappa shape index (κ2) is 4.27. The van der Waals surface area contributed by atoms with Crippen molar-refractivity contribution in [1.82, 2.24) is 0 Å². The summed E-state index contributed by atoms with van der Waals surface area (Å²) in [5.74, 6) is -0.389. The van der Waals surface area contributed by atoms with Crippen LogP contribution in [-0.2, 0) is 0 Å². The number of aldehydes is 1. The number of halogens is 1. The highest BCUT2D eigenvalue weighted by Gasteiger charge is 2.02. The highest BCUT2D eigenvalue weighted by molar-refractivity contribution is 5.79. The number of hydrogen-bond donors (Lipinski definition) is 0. The summed E-state index contributed by atoms with van der Waals surface area (Å²) >= 11 is 0. The standard InChI is InChI=1S/C14H11FO/c1-10-2-4-12(5-3-10)13-6-11(9-16)7-14(15)8-13/h2-9H,1H3. The van der Waals surface area contributed by atoms with Crippen LogP contribution in [0.4, 0.5) is 4.39 Å². The minimum Gasteiger partial charge on any atom is -0.298 e. The molecule has 0 aliphatic rings. The Balaban J connectivity index is 2.51. The zero-order valence-corrected chi connectivity index (χ0v) is 8.91. The molecule has 2 rings (SSSR count). The number of aryl methyl sites for hydroxylation is 1. The Bertz CT molecular complexity index is 515. The largest absolute Gasteiger partial charge is 0.298 e. The van der Waals surface area contributed by atoms with E-state index >= 15 is 0 Å². The molecule has 0 aliphatic heterocycles. The molecule has 0 bridgehead atoms. The summed E-state index contributed by atoms with van der Waals surface area (Å²) in [5.41, 5.74) is 3.14. The van der Waals surface area contributed by atoms with E-state index in [-0.39, 0.29) is 5.82 Å². The fraction of sp³-hybridized carbons (Fsp3) is 0.0714. The molecule has 1 nitrogen and oxygen atoms in total. The summed E-state index contributed by atoms with van der Waals surface area (Å²) in [6, 6.07) is 12.1. The highest BCUT2D eigenvalue weighted by Crippen LogP contribution is 2.21. The number of carbonyl (C=O) groups excluding carboxylic acids is 1. The van der Waals surface area contributed by atoms with Crippen molar-refractivity contribution in [2.75, 3.05) is 0 Å². The van der Waals surface area contributed by atoms with Crippen molar-refractivity contribution in [1.29, 1.82) is 0 Å². The Morgan fingerprint density at radius 2 is 1.69 bits per heavy atom. The van der Waals surface area contributed by atoms with Crippen LogP contribution in [0.3, 0.4) is 0 Å². The molecule has 0 spiro atoms. The lowest BCUT2D eigenvalue weighted by atomic mass is 10.0. The van der Waals surface area contributed by atoms with Gasteiger partial charge in [0, 0.05) is 5.56 Å². The lowest BCUT2D eigenvalue weighted by Gasteiger charge is -2.03. The monoisotopic (exact) mass is 214 g/mol. The van der Waals surface area contributed by atoms with Crippen molar-refractivity contribution >= 4 is 6.29 Å². The van der Waals surface area contributed by atoms with Crippen LogP contribution in [0.1, 0.15) is 15.9 Å². The predicted molar refractivity (Wildman–Crippen MR) is 62.0 cm³/mol. The lowest BCUT2D eigenvalue weighted by Crippen LogP contribution is -1.86. The Kier molecular flexibility index (Phi) is 2.82. The Labute approximate surface area is 93.5 Å². The van der Waals surface area contributed by atoms with E-state index < -0.39 is 0 Å². The number of carbonyl (C=O) groups is 1. The molecule has 0 aromatic heterocycles. The first kappa shape index (κ1) is 10.6. The van der Waals surface area contributed by atoms with Crippen molar-refractivity contribution in [2.24, 2.45) is 0 Å². The maximum Gasteiger partial charge on any atom is 0.150 e. The molecule has 2 aromatic rings. The van der Waals surface area contributed by atoms with Crippen molar-refractivity contribution < 1.29 is 9.18 Å². The molecule has 0 saturated heterocycles. The molecular weight excluding hydrogens is 203 g/mol. The first-order chi connectivity index (χ1) is 7.69. The summed E-state index contributed by atoms with van der Waals surface area (Å²) in [5, 5.41) is 0. The molecule has 0 amide bonds. The Morgan fingerprint density at radius 1 is 1.00 bits per heavy atom. The third kappa shape index (κ3) is 2.16. The van der Waals surface area contributed by atoms with E-state index in [1.54, 1.807) is 6.07 Å². The molecular formula is C14H11FO. The lowest BCUT2D eigenvalue weighted by molar-refractivity contribution is 0.112. The van der Waals surface area contributed by atoms with Crippen LogP contribution in [0.5, 0.6) is 0 Å². The smallest absolute Gasteiger partial charge is 0.150 e. The van der Waals surface area contributed by atoms with E-state index in [4.69, 9.17) is 0 Å². The van der Waals surface area contributed by atoms with Gasteiger partial charge in [-0.1, -0.05) is 29.8 Å². The maximum absolute atomic E-state index is 13.2. The molecule has 2 aromatic carbocycles. The number of rotatable bonds is 2. The average Bonchev–Trinajstić information content (AvgIpc) is 2.29. The molecule has 0 N–H and O–H groups in total. The van der Waals surface area contributed by atoms with Crippen LogP contribution < -0.4 is 0 Å². The van der Waals surface area contributed by atoms with Gasteiger partial charge in [0.05, 0.1) is 0 Å². The van der Waals surface area contributed by atoms with Gasteiger partial charge in [0.1, 0.15) is 12.1 Å².